The summed E-state index contributed by atoms with van der Waals surface area (Å²) in [5.74, 6) is 0.750. The zero-order chi connectivity index (χ0) is 21.3. The third-order valence-corrected chi connectivity index (χ3v) is 5.12. The molecule has 0 aliphatic carbocycles. The number of nitrogens with two attached hydrogens (primary N) is 1. The summed E-state index contributed by atoms with van der Waals surface area (Å²) in [6.45, 7) is 2.68. The molecular formula is C22H23N5O3. The Labute approximate surface area is 173 Å². The molecule has 3 heterocycles. The Morgan fingerprint density at radius 2 is 2.20 bits per heavy atom. The van der Waals surface area contributed by atoms with E-state index in [1.165, 1.54) is 6.08 Å². The molecule has 8 nitrogen and oxygen atoms in total. The first-order chi connectivity index (χ1) is 14.4. The van der Waals surface area contributed by atoms with Gasteiger partial charge in [0, 0.05) is 36.8 Å². The number of para-hydroxylation sites is 1. The van der Waals surface area contributed by atoms with Gasteiger partial charge in [0.15, 0.2) is 5.82 Å². The molecule has 1 aliphatic rings. The van der Waals surface area contributed by atoms with Crippen LogP contribution >= 0.6 is 0 Å². The normalized spacial score (nSPS) is 16.1. The molecule has 1 aromatic carbocycles. The average molecular weight is 405 g/mol. The highest BCUT2D eigenvalue weighted by Crippen LogP contribution is 2.26. The van der Waals surface area contributed by atoms with E-state index in [9.17, 15) is 9.59 Å². The van der Waals surface area contributed by atoms with Crippen molar-refractivity contribution in [2.24, 2.45) is 5.73 Å². The number of pyridine rings is 1. The van der Waals surface area contributed by atoms with Gasteiger partial charge >= 0.3 is 0 Å². The number of amides is 2. The second-order valence-electron chi connectivity index (χ2n) is 7.32. The minimum Gasteiger partial charge on any atom is -0.459 e. The highest BCUT2D eigenvalue weighted by atomic mass is 16.3. The predicted molar refractivity (Wildman–Crippen MR) is 116 cm³/mol. The summed E-state index contributed by atoms with van der Waals surface area (Å²) in [6.07, 6.45) is 4.76. The molecule has 2 aromatic heterocycles. The number of nitrogens with one attached hydrogen (secondary N) is 2. The Bertz CT molecular complexity index is 1150. The fraction of sp³-hybridized carbons (Fsp3) is 0.227. The van der Waals surface area contributed by atoms with Gasteiger partial charge in [-0.15, -0.1) is 0 Å². The van der Waals surface area contributed by atoms with Crippen molar-refractivity contribution in [1.29, 1.82) is 0 Å². The van der Waals surface area contributed by atoms with Crippen molar-refractivity contribution in [2.45, 2.75) is 19.5 Å². The number of furan rings is 1. The van der Waals surface area contributed by atoms with Crippen molar-refractivity contribution < 1.29 is 14.0 Å². The van der Waals surface area contributed by atoms with Gasteiger partial charge in [-0.05, 0) is 30.7 Å². The lowest BCUT2D eigenvalue weighted by molar-refractivity contribution is -0.125. The van der Waals surface area contributed by atoms with E-state index >= 15 is 0 Å². The third-order valence-electron chi connectivity index (χ3n) is 5.12. The summed E-state index contributed by atoms with van der Waals surface area (Å²) in [7, 11) is 1.73. The second-order valence-corrected chi connectivity index (χ2v) is 7.32. The summed E-state index contributed by atoms with van der Waals surface area (Å²) < 4.78 is 5.89. The Morgan fingerprint density at radius 1 is 1.40 bits per heavy atom. The summed E-state index contributed by atoms with van der Waals surface area (Å²) in [5.41, 5.74) is 9.00. The van der Waals surface area contributed by atoms with Crippen LogP contribution in [0.1, 0.15) is 16.9 Å². The lowest BCUT2D eigenvalue weighted by Gasteiger charge is -2.14. The number of hydrogen-bond acceptors (Lipinski definition) is 6. The zero-order valence-electron chi connectivity index (χ0n) is 16.8. The Hall–Kier alpha value is -3.65. The molecule has 0 spiro atoms. The maximum atomic E-state index is 12.6. The molecule has 4 rings (SSSR count). The molecule has 4 N–H and O–H groups in total. The molecule has 1 atom stereocenters. The number of rotatable bonds is 4. The fourth-order valence-electron chi connectivity index (χ4n) is 3.29. The van der Waals surface area contributed by atoms with Gasteiger partial charge in [0.25, 0.3) is 0 Å². The maximum Gasteiger partial charge on any atom is 0.246 e. The van der Waals surface area contributed by atoms with Crippen molar-refractivity contribution >= 4 is 40.4 Å². The van der Waals surface area contributed by atoms with Gasteiger partial charge in [-0.1, -0.05) is 18.2 Å². The molecule has 0 saturated carbocycles. The summed E-state index contributed by atoms with van der Waals surface area (Å²) in [4.78, 5) is 30.2. The fourth-order valence-corrected chi connectivity index (χ4v) is 3.29. The van der Waals surface area contributed by atoms with E-state index in [4.69, 9.17) is 10.2 Å². The standard InChI is InChI=1S/C22H23N5O3/c1-13-15-5-3-4-6-18(15)30-19(13)12-27(2)20(28)8-7-14-9-17-21(25-10-14)26-22(29)16(23)11-24-17/h3-10,16,24H,11-12,23H2,1-2H3,(H,25,26,29)/b8-7+. The van der Waals surface area contributed by atoms with Crippen molar-refractivity contribution in [3.05, 3.63) is 59.5 Å². The molecule has 30 heavy (non-hydrogen) atoms. The van der Waals surface area contributed by atoms with Crippen LogP contribution in [0.15, 0.2) is 47.0 Å². The highest BCUT2D eigenvalue weighted by Gasteiger charge is 2.20. The van der Waals surface area contributed by atoms with Crippen LogP contribution in [-0.4, -0.2) is 41.3 Å². The van der Waals surface area contributed by atoms with E-state index in [0.717, 1.165) is 27.9 Å². The summed E-state index contributed by atoms with van der Waals surface area (Å²) in [6, 6.07) is 8.99. The number of hydrogen-bond donors (Lipinski definition) is 3. The number of benzene rings is 1. The SMILES string of the molecule is Cc1c(CN(C)C(=O)/C=C/c2cnc3c(c2)NCC(N)C(=O)N3)oc2ccccc12. The maximum absolute atomic E-state index is 12.6. The van der Waals surface area contributed by atoms with Gasteiger partial charge in [0.1, 0.15) is 17.4 Å². The molecule has 3 aromatic rings. The number of carbonyl (C=O) groups is 2. The van der Waals surface area contributed by atoms with Crippen LogP contribution in [0, 0.1) is 6.92 Å². The quantitative estimate of drug-likeness (QED) is 0.575. The average Bonchev–Trinajstić information content (AvgIpc) is 2.98. The van der Waals surface area contributed by atoms with Gasteiger partial charge in [0.05, 0.1) is 12.2 Å². The van der Waals surface area contributed by atoms with Crippen LogP contribution < -0.4 is 16.4 Å². The number of anilines is 2. The van der Waals surface area contributed by atoms with Gasteiger partial charge in [-0.3, -0.25) is 9.59 Å². The van der Waals surface area contributed by atoms with E-state index in [1.54, 1.807) is 24.2 Å². The number of likely N-dealkylation sites (N-methyl/N-ethyl adjacent to an activating group) is 1. The number of aromatic nitrogens is 1. The molecule has 8 heteroatoms. The number of carbonyl (C=O) groups excluding carboxylic acids is 2. The first-order valence-corrected chi connectivity index (χ1v) is 9.63. The first kappa shape index (κ1) is 19.7. The first-order valence-electron chi connectivity index (χ1n) is 9.63. The van der Waals surface area contributed by atoms with Gasteiger partial charge < -0.3 is 25.7 Å². The third kappa shape index (κ3) is 3.90. The topological polar surface area (TPSA) is 113 Å². The van der Waals surface area contributed by atoms with E-state index in [0.29, 0.717) is 24.6 Å². The second kappa shape index (κ2) is 8.00. The van der Waals surface area contributed by atoms with Gasteiger partial charge in [0.2, 0.25) is 11.8 Å². The molecule has 0 fully saturated rings. The Kier molecular flexibility index (Phi) is 5.24. The lowest BCUT2D eigenvalue weighted by atomic mass is 10.1. The van der Waals surface area contributed by atoms with Crippen molar-refractivity contribution in [2.75, 3.05) is 24.2 Å². The van der Waals surface area contributed by atoms with Crippen LogP contribution in [0.25, 0.3) is 17.0 Å². The van der Waals surface area contributed by atoms with Crippen molar-refractivity contribution in [1.82, 2.24) is 9.88 Å². The molecule has 0 radical (unpaired) electrons. The molecule has 1 aliphatic heterocycles. The molecule has 0 saturated heterocycles. The summed E-state index contributed by atoms with van der Waals surface area (Å²) >= 11 is 0. The van der Waals surface area contributed by atoms with Crippen LogP contribution in [0.5, 0.6) is 0 Å². The number of aryl methyl sites for hydroxylation is 1. The highest BCUT2D eigenvalue weighted by molar-refractivity contribution is 5.98. The van der Waals surface area contributed by atoms with Gasteiger partial charge in [-0.2, -0.15) is 0 Å². The van der Waals surface area contributed by atoms with E-state index in [2.05, 4.69) is 15.6 Å². The van der Waals surface area contributed by atoms with Crippen LogP contribution in [-0.2, 0) is 16.1 Å². The van der Waals surface area contributed by atoms with Gasteiger partial charge in [-0.25, -0.2) is 4.98 Å². The Morgan fingerprint density at radius 3 is 3.00 bits per heavy atom. The molecule has 2 amide bonds. The Balaban J connectivity index is 1.45. The summed E-state index contributed by atoms with van der Waals surface area (Å²) in [5, 5.41) is 6.83. The van der Waals surface area contributed by atoms with Crippen molar-refractivity contribution in [3.63, 3.8) is 0 Å². The van der Waals surface area contributed by atoms with E-state index in [1.807, 2.05) is 37.3 Å². The number of fused-ring (bicyclic) bond motifs is 2. The van der Waals surface area contributed by atoms with Crippen LogP contribution in [0.3, 0.4) is 0 Å². The zero-order valence-corrected chi connectivity index (χ0v) is 16.8. The smallest absolute Gasteiger partial charge is 0.246 e. The number of nitrogens with zero attached hydrogens (tertiary/aromatic N) is 2. The van der Waals surface area contributed by atoms with Crippen molar-refractivity contribution in [3.8, 4) is 0 Å². The molecule has 1 unspecified atom stereocenters. The molecular weight excluding hydrogens is 382 g/mol. The van der Waals surface area contributed by atoms with Crippen LogP contribution in [0.2, 0.25) is 0 Å². The predicted octanol–water partition coefficient (Wildman–Crippen LogP) is 2.50. The largest absolute Gasteiger partial charge is 0.459 e. The monoisotopic (exact) mass is 405 g/mol. The van der Waals surface area contributed by atoms with E-state index < -0.39 is 6.04 Å². The molecule has 0 bridgehead atoms. The minimum absolute atomic E-state index is 0.159. The lowest BCUT2D eigenvalue weighted by Crippen LogP contribution is -2.39. The molecule has 154 valence electrons. The van der Waals surface area contributed by atoms with Crippen LogP contribution in [0.4, 0.5) is 11.5 Å². The minimum atomic E-state index is -0.643. The van der Waals surface area contributed by atoms with E-state index in [-0.39, 0.29) is 11.8 Å².